The Morgan fingerprint density at radius 1 is 0.897 bits per heavy atom. The van der Waals surface area contributed by atoms with Gasteiger partial charge in [-0.1, -0.05) is 32.9 Å². The molecular weight excluding hydrogens is 412 g/mol. The molecule has 0 unspecified atom stereocenters. The Morgan fingerprint density at radius 3 is 2.52 bits per heavy atom. The van der Waals surface area contributed by atoms with Crippen molar-refractivity contribution in [3.63, 3.8) is 0 Å². The van der Waals surface area contributed by atoms with E-state index in [4.69, 9.17) is 12.6 Å². The first-order valence-corrected chi connectivity index (χ1v) is 11.7. The van der Waals surface area contributed by atoms with E-state index in [1.807, 2.05) is 0 Å². The Labute approximate surface area is 183 Å². The Morgan fingerprint density at radius 2 is 1.69 bits per heavy atom. The van der Waals surface area contributed by atoms with Crippen molar-refractivity contribution in [2.45, 2.75) is 31.1 Å². The largest absolute Gasteiger partial charge is 0.235 e. The molecule has 0 radical (unpaired) electrons. The van der Waals surface area contributed by atoms with Crippen molar-refractivity contribution in [1.29, 1.82) is 0 Å². The van der Waals surface area contributed by atoms with Crippen LogP contribution in [-0.2, 0) is 5.41 Å². The second kappa shape index (κ2) is 6.94. The van der Waals surface area contributed by atoms with E-state index in [-0.39, 0.29) is 5.41 Å². The first-order valence-electron chi connectivity index (χ1n) is 9.46. The number of hydrogen-bond acceptors (Lipinski definition) is 5. The normalized spacial score (nSPS) is 12.1. The van der Waals surface area contributed by atoms with E-state index in [1.165, 1.54) is 25.7 Å². The van der Waals surface area contributed by atoms with Gasteiger partial charge in [-0.05, 0) is 57.5 Å². The zero-order valence-electron chi connectivity index (χ0n) is 16.4. The summed E-state index contributed by atoms with van der Waals surface area (Å²) in [6.45, 7) is 6.78. The summed E-state index contributed by atoms with van der Waals surface area (Å²) in [5.74, 6) is 0. The number of fused-ring (bicyclic) bond motifs is 2. The molecule has 144 valence electrons. The van der Waals surface area contributed by atoms with Crippen LogP contribution in [0.2, 0.25) is 0 Å². The summed E-state index contributed by atoms with van der Waals surface area (Å²) in [7, 11) is 0. The van der Waals surface area contributed by atoms with E-state index in [1.54, 1.807) is 29.0 Å². The minimum Gasteiger partial charge on any atom is -0.235 e. The van der Waals surface area contributed by atoms with E-state index in [0.29, 0.717) is 0 Å². The lowest BCUT2D eigenvalue weighted by Crippen LogP contribution is -2.11. The van der Waals surface area contributed by atoms with Crippen molar-refractivity contribution in [3.8, 4) is 22.5 Å². The van der Waals surface area contributed by atoms with Crippen LogP contribution in [0.3, 0.4) is 0 Å². The Bertz CT molecular complexity index is 1360. The summed E-state index contributed by atoms with van der Waals surface area (Å²) in [5.41, 5.74) is 5.34. The monoisotopic (exact) mass is 432 g/mol. The molecule has 0 atom stereocenters. The average molecular weight is 433 g/mol. The van der Waals surface area contributed by atoms with Crippen LogP contribution < -0.4 is 0 Å². The third-order valence-corrected chi connectivity index (χ3v) is 7.48. The van der Waals surface area contributed by atoms with Gasteiger partial charge in [-0.2, -0.15) is 0 Å². The molecule has 0 spiro atoms. The Kier molecular flexibility index (Phi) is 4.50. The number of nitrogens with zero attached hydrogens (tertiary/aromatic N) is 2. The van der Waals surface area contributed by atoms with Crippen LogP contribution in [0.4, 0.5) is 0 Å². The molecular formula is C24H20N2S3. The van der Waals surface area contributed by atoms with Gasteiger partial charge in [0.1, 0.15) is 6.33 Å². The fourth-order valence-electron chi connectivity index (χ4n) is 3.76. The summed E-state index contributed by atoms with van der Waals surface area (Å²) < 4.78 is 2.60. The maximum atomic E-state index is 4.91. The summed E-state index contributed by atoms with van der Waals surface area (Å²) in [6, 6.07) is 15.2. The van der Waals surface area contributed by atoms with E-state index in [2.05, 4.69) is 84.0 Å². The van der Waals surface area contributed by atoms with Gasteiger partial charge >= 0.3 is 0 Å². The van der Waals surface area contributed by atoms with Crippen molar-refractivity contribution >= 4 is 55.5 Å². The van der Waals surface area contributed by atoms with Gasteiger partial charge in [0.05, 0.1) is 16.3 Å². The molecule has 2 nitrogen and oxygen atoms in total. The zero-order chi connectivity index (χ0) is 20.2. The highest BCUT2D eigenvalue weighted by atomic mass is 32.1. The molecule has 0 fully saturated rings. The van der Waals surface area contributed by atoms with Crippen molar-refractivity contribution in [1.82, 2.24) is 9.97 Å². The van der Waals surface area contributed by atoms with E-state index < -0.39 is 0 Å². The van der Waals surface area contributed by atoms with Gasteiger partial charge in [0.15, 0.2) is 0 Å². The lowest BCUT2D eigenvalue weighted by molar-refractivity contribution is 0.597. The molecule has 0 aliphatic carbocycles. The van der Waals surface area contributed by atoms with Crippen LogP contribution in [0.15, 0.2) is 64.4 Å². The second-order valence-corrected chi connectivity index (χ2v) is 10.5. The van der Waals surface area contributed by atoms with Crippen LogP contribution in [0, 0.1) is 0 Å². The summed E-state index contributed by atoms with van der Waals surface area (Å²) in [6.07, 6.45) is 1.66. The van der Waals surface area contributed by atoms with Crippen LogP contribution in [-0.4, -0.2) is 9.97 Å². The number of benzene rings is 2. The molecule has 5 aromatic rings. The number of thiophene rings is 2. The number of hydrogen-bond donors (Lipinski definition) is 1. The number of thiol groups is 1. The fourth-order valence-corrected chi connectivity index (χ4v) is 6.05. The van der Waals surface area contributed by atoms with Gasteiger partial charge in [-0.25, -0.2) is 9.97 Å². The molecule has 0 amide bonds. The quantitative estimate of drug-likeness (QED) is 0.288. The Hall–Kier alpha value is -2.21. The molecule has 2 aromatic carbocycles. The van der Waals surface area contributed by atoms with Gasteiger partial charge in [0, 0.05) is 25.9 Å². The molecule has 5 rings (SSSR count). The third kappa shape index (κ3) is 3.18. The SMILES string of the molecule is CC(C)(C)c1cc(-c2ncnc(-c3cccc4sccc34)c2S)cc2ccsc12. The third-order valence-electron chi connectivity index (χ3n) is 5.21. The maximum absolute atomic E-state index is 4.91. The molecule has 3 heterocycles. The molecule has 0 aliphatic heterocycles. The lowest BCUT2D eigenvalue weighted by atomic mass is 9.85. The molecule has 0 saturated heterocycles. The first-order chi connectivity index (χ1) is 13.9. The molecule has 0 N–H and O–H groups in total. The standard InChI is InChI=1S/C24H20N2S3/c1-24(2,3)18-12-15(11-14-7-9-29-23(14)18)20-22(27)21(26-13-25-20)17-5-4-6-19-16(17)8-10-28-19/h4-13,27H,1-3H3. The van der Waals surface area contributed by atoms with Crippen molar-refractivity contribution in [2.24, 2.45) is 0 Å². The van der Waals surface area contributed by atoms with Crippen molar-refractivity contribution < 1.29 is 0 Å². The van der Waals surface area contributed by atoms with Crippen LogP contribution >= 0.6 is 35.3 Å². The van der Waals surface area contributed by atoms with Crippen molar-refractivity contribution in [2.75, 3.05) is 0 Å². The minimum atomic E-state index is 0.0496. The molecule has 29 heavy (non-hydrogen) atoms. The zero-order valence-corrected chi connectivity index (χ0v) is 19.0. The molecule has 3 aromatic heterocycles. The van der Waals surface area contributed by atoms with Gasteiger partial charge in [0.2, 0.25) is 0 Å². The maximum Gasteiger partial charge on any atom is 0.116 e. The average Bonchev–Trinajstić information content (AvgIpc) is 3.35. The lowest BCUT2D eigenvalue weighted by Gasteiger charge is -2.21. The highest BCUT2D eigenvalue weighted by Gasteiger charge is 2.21. The van der Waals surface area contributed by atoms with Gasteiger partial charge in [-0.3, -0.25) is 0 Å². The molecule has 0 bridgehead atoms. The smallest absolute Gasteiger partial charge is 0.116 e. The highest BCUT2D eigenvalue weighted by Crippen LogP contribution is 2.40. The highest BCUT2D eigenvalue weighted by molar-refractivity contribution is 7.80. The summed E-state index contributed by atoms with van der Waals surface area (Å²) in [5, 5.41) is 6.74. The first kappa shape index (κ1) is 18.8. The predicted octanol–water partition coefficient (Wildman–Crippen LogP) is 7.83. The topological polar surface area (TPSA) is 25.8 Å². The molecule has 0 aliphatic rings. The summed E-state index contributed by atoms with van der Waals surface area (Å²) >= 11 is 8.45. The van der Waals surface area contributed by atoms with Crippen LogP contribution in [0.25, 0.3) is 42.7 Å². The van der Waals surface area contributed by atoms with Gasteiger partial charge < -0.3 is 0 Å². The van der Waals surface area contributed by atoms with Crippen molar-refractivity contribution in [3.05, 3.63) is 65.1 Å². The molecule has 5 heteroatoms. The van der Waals surface area contributed by atoms with Gasteiger partial charge in [-0.15, -0.1) is 35.3 Å². The van der Waals surface area contributed by atoms with E-state index in [9.17, 15) is 0 Å². The number of aromatic nitrogens is 2. The van der Waals surface area contributed by atoms with E-state index in [0.717, 1.165) is 27.4 Å². The molecule has 0 saturated carbocycles. The van der Waals surface area contributed by atoms with Crippen LogP contribution in [0.5, 0.6) is 0 Å². The number of rotatable bonds is 2. The fraction of sp³-hybridized carbons (Fsp3) is 0.167. The second-order valence-electron chi connectivity index (χ2n) is 8.17. The Balaban J connectivity index is 1.75. The predicted molar refractivity (Wildman–Crippen MR) is 130 cm³/mol. The van der Waals surface area contributed by atoms with Crippen LogP contribution in [0.1, 0.15) is 26.3 Å². The van der Waals surface area contributed by atoms with E-state index >= 15 is 0 Å². The van der Waals surface area contributed by atoms with Gasteiger partial charge in [0.25, 0.3) is 0 Å². The summed E-state index contributed by atoms with van der Waals surface area (Å²) in [4.78, 5) is 10.1. The minimum absolute atomic E-state index is 0.0496.